The number of carboxylic acid groups (broad SMARTS) is 1. The van der Waals surface area contributed by atoms with Crippen LogP contribution in [0, 0.1) is 0 Å². The molecule has 0 amide bonds. The summed E-state index contributed by atoms with van der Waals surface area (Å²) < 4.78 is 1.05. The van der Waals surface area contributed by atoms with Crippen molar-refractivity contribution in [1.29, 1.82) is 0 Å². The fraction of sp³-hybridized carbons (Fsp3) is 0.417. The van der Waals surface area contributed by atoms with Gasteiger partial charge in [-0.25, -0.2) is 0 Å². The minimum absolute atomic E-state index is 0.442. The van der Waals surface area contributed by atoms with Crippen LogP contribution in [0.4, 0.5) is 0 Å². The number of halogens is 1. The molecule has 1 unspecified atom stereocenters. The molecule has 2 N–H and O–H groups in total. The molecule has 17 heavy (non-hydrogen) atoms. The summed E-state index contributed by atoms with van der Waals surface area (Å²) in [7, 11) is 0. The molecule has 94 valence electrons. The Morgan fingerprint density at radius 1 is 1.47 bits per heavy atom. The lowest BCUT2D eigenvalue weighted by Gasteiger charge is -2.12. The molecule has 1 rings (SSSR count). The molecule has 0 aliphatic carbocycles. The van der Waals surface area contributed by atoms with Crippen LogP contribution in [0.2, 0.25) is 0 Å². The molecular weight excluding hydrogens is 302 g/mol. The van der Waals surface area contributed by atoms with Gasteiger partial charge >= 0.3 is 5.97 Å². The molecule has 0 saturated heterocycles. The van der Waals surface area contributed by atoms with E-state index in [1.165, 1.54) is 0 Å². The number of carboxylic acids is 1. The highest BCUT2D eigenvalue weighted by molar-refractivity contribution is 9.10. The highest BCUT2D eigenvalue weighted by Gasteiger charge is 2.14. The van der Waals surface area contributed by atoms with Crippen molar-refractivity contribution in [3.05, 3.63) is 28.7 Å². The molecule has 0 aliphatic heterocycles. The van der Waals surface area contributed by atoms with Crippen LogP contribution >= 0.6 is 27.7 Å². The minimum Gasteiger partial charge on any atom is -0.480 e. The first kappa shape index (κ1) is 14.5. The Morgan fingerprint density at radius 3 is 2.65 bits per heavy atom. The second kappa shape index (κ2) is 7.74. The Balaban J connectivity index is 2.35. The number of aliphatic carboxylic acids is 1. The predicted molar refractivity (Wildman–Crippen MR) is 74.6 cm³/mol. The van der Waals surface area contributed by atoms with Crippen molar-refractivity contribution in [1.82, 2.24) is 5.32 Å². The number of hydrogen-bond donors (Lipinski definition) is 2. The SMILES string of the molecule is CCNC(CCSc1ccc(Br)cc1)C(=O)O. The van der Waals surface area contributed by atoms with Gasteiger partial charge in [0.2, 0.25) is 0 Å². The van der Waals surface area contributed by atoms with Gasteiger partial charge in [0.05, 0.1) is 0 Å². The van der Waals surface area contributed by atoms with E-state index in [1.807, 2.05) is 31.2 Å². The smallest absolute Gasteiger partial charge is 0.320 e. The van der Waals surface area contributed by atoms with Crippen molar-refractivity contribution < 1.29 is 9.90 Å². The third kappa shape index (κ3) is 5.57. The molecule has 0 fully saturated rings. The number of thioether (sulfide) groups is 1. The molecule has 0 radical (unpaired) electrons. The molecule has 0 spiro atoms. The average molecular weight is 318 g/mol. The van der Waals surface area contributed by atoms with E-state index in [9.17, 15) is 4.79 Å². The van der Waals surface area contributed by atoms with Crippen molar-refractivity contribution in [3.63, 3.8) is 0 Å². The summed E-state index contributed by atoms with van der Waals surface area (Å²) in [5.74, 6) is 0.0225. The lowest BCUT2D eigenvalue weighted by atomic mass is 10.2. The van der Waals surface area contributed by atoms with Crippen LogP contribution < -0.4 is 5.32 Å². The summed E-state index contributed by atoms with van der Waals surface area (Å²) in [5, 5.41) is 11.9. The van der Waals surface area contributed by atoms with Crippen LogP contribution in [0.5, 0.6) is 0 Å². The largest absolute Gasteiger partial charge is 0.480 e. The van der Waals surface area contributed by atoms with Gasteiger partial charge in [-0.2, -0.15) is 0 Å². The fourth-order valence-corrected chi connectivity index (χ4v) is 2.57. The van der Waals surface area contributed by atoms with E-state index in [0.29, 0.717) is 13.0 Å². The number of hydrogen-bond acceptors (Lipinski definition) is 3. The van der Waals surface area contributed by atoms with Gasteiger partial charge < -0.3 is 10.4 Å². The molecule has 0 aliphatic rings. The van der Waals surface area contributed by atoms with Gasteiger partial charge in [0.25, 0.3) is 0 Å². The minimum atomic E-state index is -0.775. The summed E-state index contributed by atoms with van der Waals surface area (Å²) in [6.45, 7) is 2.59. The third-order valence-electron chi connectivity index (χ3n) is 2.24. The molecule has 1 atom stereocenters. The molecule has 0 heterocycles. The molecule has 5 heteroatoms. The van der Waals surface area contributed by atoms with Gasteiger partial charge in [0, 0.05) is 15.1 Å². The first-order valence-corrected chi connectivity index (χ1v) is 7.26. The number of likely N-dealkylation sites (N-methyl/N-ethyl adjacent to an activating group) is 1. The van der Waals surface area contributed by atoms with E-state index in [1.54, 1.807) is 11.8 Å². The van der Waals surface area contributed by atoms with Gasteiger partial charge in [-0.3, -0.25) is 4.79 Å². The van der Waals surface area contributed by atoms with Crippen LogP contribution in [0.3, 0.4) is 0 Å². The molecule has 3 nitrogen and oxygen atoms in total. The normalized spacial score (nSPS) is 12.4. The van der Waals surface area contributed by atoms with Gasteiger partial charge in [0.15, 0.2) is 0 Å². The third-order valence-corrected chi connectivity index (χ3v) is 3.81. The highest BCUT2D eigenvalue weighted by atomic mass is 79.9. The average Bonchev–Trinajstić information content (AvgIpc) is 2.30. The van der Waals surface area contributed by atoms with Crippen LogP contribution in [-0.2, 0) is 4.79 Å². The first-order valence-electron chi connectivity index (χ1n) is 5.48. The van der Waals surface area contributed by atoms with Crippen LogP contribution in [-0.4, -0.2) is 29.4 Å². The number of rotatable bonds is 7. The monoisotopic (exact) mass is 317 g/mol. The van der Waals surface area contributed by atoms with E-state index in [4.69, 9.17) is 5.11 Å². The predicted octanol–water partition coefficient (Wildman–Crippen LogP) is 2.99. The maximum atomic E-state index is 10.9. The number of carbonyl (C=O) groups is 1. The number of nitrogens with one attached hydrogen (secondary N) is 1. The van der Waals surface area contributed by atoms with Crippen molar-refractivity contribution in [2.45, 2.75) is 24.3 Å². The van der Waals surface area contributed by atoms with Gasteiger partial charge in [-0.05, 0) is 37.2 Å². The summed E-state index contributed by atoms with van der Waals surface area (Å²) in [6, 6.07) is 7.58. The molecular formula is C12H16BrNO2S. The summed E-state index contributed by atoms with van der Waals surface area (Å²) in [6.07, 6.45) is 0.629. The van der Waals surface area contributed by atoms with Crippen molar-refractivity contribution in [3.8, 4) is 0 Å². The first-order chi connectivity index (χ1) is 8.13. The Bertz CT molecular complexity index is 356. The van der Waals surface area contributed by atoms with Crippen LogP contribution in [0.15, 0.2) is 33.6 Å². The number of benzene rings is 1. The quantitative estimate of drug-likeness (QED) is 0.759. The molecule has 0 saturated carbocycles. The Morgan fingerprint density at radius 2 is 2.12 bits per heavy atom. The van der Waals surface area contributed by atoms with Crippen LogP contribution in [0.25, 0.3) is 0 Å². The maximum Gasteiger partial charge on any atom is 0.320 e. The van der Waals surface area contributed by atoms with Crippen molar-refractivity contribution in [2.24, 2.45) is 0 Å². The summed E-state index contributed by atoms with van der Waals surface area (Å²) >= 11 is 5.06. The Kier molecular flexibility index (Phi) is 6.62. The standard InChI is InChI=1S/C12H16BrNO2S/c1-2-14-11(12(15)16)7-8-17-10-5-3-9(13)4-6-10/h3-6,11,14H,2,7-8H2,1H3,(H,15,16). The van der Waals surface area contributed by atoms with E-state index in [2.05, 4.69) is 21.2 Å². The zero-order chi connectivity index (χ0) is 12.7. The second-order valence-electron chi connectivity index (χ2n) is 3.54. The lowest BCUT2D eigenvalue weighted by molar-refractivity contribution is -0.139. The topological polar surface area (TPSA) is 49.3 Å². The van der Waals surface area contributed by atoms with Crippen LogP contribution in [0.1, 0.15) is 13.3 Å². The van der Waals surface area contributed by atoms with Crippen molar-refractivity contribution in [2.75, 3.05) is 12.3 Å². The highest BCUT2D eigenvalue weighted by Crippen LogP contribution is 2.21. The van der Waals surface area contributed by atoms with Crippen molar-refractivity contribution >= 4 is 33.7 Å². The fourth-order valence-electron chi connectivity index (χ4n) is 1.38. The van der Waals surface area contributed by atoms with E-state index < -0.39 is 12.0 Å². The van der Waals surface area contributed by atoms with E-state index in [-0.39, 0.29) is 0 Å². The van der Waals surface area contributed by atoms with Gasteiger partial charge in [-0.15, -0.1) is 11.8 Å². The molecule has 1 aromatic rings. The Hall–Kier alpha value is -0.520. The van der Waals surface area contributed by atoms with E-state index >= 15 is 0 Å². The van der Waals surface area contributed by atoms with Gasteiger partial charge in [0.1, 0.15) is 6.04 Å². The summed E-state index contributed by atoms with van der Waals surface area (Å²) in [5.41, 5.74) is 0. The second-order valence-corrected chi connectivity index (χ2v) is 5.62. The molecule has 0 bridgehead atoms. The lowest BCUT2D eigenvalue weighted by Crippen LogP contribution is -2.36. The molecule has 0 aromatic heterocycles. The van der Waals surface area contributed by atoms with Gasteiger partial charge in [-0.1, -0.05) is 22.9 Å². The maximum absolute atomic E-state index is 10.9. The van der Waals surface area contributed by atoms with E-state index in [0.717, 1.165) is 15.1 Å². The Labute approximate surface area is 114 Å². The zero-order valence-electron chi connectivity index (χ0n) is 9.65. The molecule has 1 aromatic carbocycles. The zero-order valence-corrected chi connectivity index (χ0v) is 12.1. The summed E-state index contributed by atoms with van der Waals surface area (Å²) in [4.78, 5) is 12.1.